The topological polar surface area (TPSA) is 75.1 Å². The summed E-state index contributed by atoms with van der Waals surface area (Å²) in [4.78, 5) is 18.9. The lowest BCUT2D eigenvalue weighted by molar-refractivity contribution is -0.134. The van der Waals surface area contributed by atoms with Crippen LogP contribution in [0.4, 0.5) is 13.2 Å². The number of carboxylic acid groups (broad SMARTS) is 1. The number of aromatic nitrogens is 2. The molecule has 0 amide bonds. The third-order valence-corrected chi connectivity index (χ3v) is 2.82. The van der Waals surface area contributed by atoms with Crippen LogP contribution in [0.2, 0.25) is 0 Å². The number of aromatic carboxylic acids is 1. The first kappa shape index (κ1) is 13.7. The molecule has 19 heavy (non-hydrogen) atoms. The summed E-state index contributed by atoms with van der Waals surface area (Å²) in [5, 5.41) is 12.1. The van der Waals surface area contributed by atoms with E-state index in [9.17, 15) is 18.0 Å². The van der Waals surface area contributed by atoms with Gasteiger partial charge >= 0.3 is 12.1 Å². The van der Waals surface area contributed by atoms with Crippen molar-refractivity contribution in [3.05, 3.63) is 22.8 Å². The molecule has 0 bridgehead atoms. The minimum atomic E-state index is -4.30. The molecule has 1 aromatic rings. The number of nitrogens with zero attached hydrogens (tertiary/aromatic N) is 2. The van der Waals surface area contributed by atoms with Crippen molar-refractivity contribution in [3.63, 3.8) is 0 Å². The van der Waals surface area contributed by atoms with Crippen molar-refractivity contribution in [2.45, 2.75) is 32.0 Å². The van der Waals surface area contributed by atoms with Gasteiger partial charge in [0.2, 0.25) is 0 Å². The zero-order chi connectivity index (χ0) is 14.0. The molecular weight excluding hydrogens is 263 g/mol. The van der Waals surface area contributed by atoms with Crippen LogP contribution < -0.4 is 5.32 Å². The summed E-state index contributed by atoms with van der Waals surface area (Å²) in [7, 11) is 0. The average Bonchev–Trinajstić information content (AvgIpc) is 2.34. The minimum absolute atomic E-state index is 0.0721. The Kier molecular flexibility index (Phi) is 3.70. The Labute approximate surface area is 106 Å². The molecule has 0 unspecified atom stereocenters. The summed E-state index contributed by atoms with van der Waals surface area (Å²) in [6, 6.07) is 0. The Morgan fingerprint density at radius 3 is 2.74 bits per heavy atom. The number of nitrogens with one attached hydrogen (secondary N) is 1. The second kappa shape index (κ2) is 5.12. The molecule has 0 saturated carbocycles. The highest BCUT2D eigenvalue weighted by atomic mass is 19.4. The maximum Gasteiger partial charge on any atom is 0.389 e. The molecule has 2 rings (SSSR count). The van der Waals surface area contributed by atoms with Gasteiger partial charge in [0, 0.05) is 18.5 Å². The predicted octanol–water partition coefficient (Wildman–Crippen LogP) is 1.32. The van der Waals surface area contributed by atoms with E-state index in [1.54, 1.807) is 0 Å². The van der Waals surface area contributed by atoms with Gasteiger partial charge in [-0.2, -0.15) is 13.2 Å². The highest BCUT2D eigenvalue weighted by Crippen LogP contribution is 2.22. The number of halogens is 3. The van der Waals surface area contributed by atoms with E-state index in [1.807, 2.05) is 0 Å². The normalized spacial score (nSPS) is 15.1. The van der Waals surface area contributed by atoms with E-state index in [0.717, 1.165) is 0 Å². The van der Waals surface area contributed by atoms with Crippen LogP contribution in [-0.2, 0) is 19.4 Å². The molecule has 2 heterocycles. The molecule has 0 radical (unpaired) electrons. The summed E-state index contributed by atoms with van der Waals surface area (Å²) in [5.41, 5.74) is 0.821. The molecule has 1 aliphatic heterocycles. The van der Waals surface area contributed by atoms with Crippen LogP contribution in [0.1, 0.15) is 34.0 Å². The number of fused-ring (bicyclic) bond motifs is 1. The van der Waals surface area contributed by atoms with Gasteiger partial charge in [0.1, 0.15) is 5.82 Å². The van der Waals surface area contributed by atoms with Crippen molar-refractivity contribution >= 4 is 5.97 Å². The first-order chi connectivity index (χ1) is 8.87. The number of rotatable bonds is 3. The lowest BCUT2D eigenvalue weighted by Gasteiger charge is -2.18. The molecule has 1 aliphatic rings. The van der Waals surface area contributed by atoms with Crippen molar-refractivity contribution in [1.82, 2.24) is 15.3 Å². The van der Waals surface area contributed by atoms with E-state index in [0.29, 0.717) is 30.8 Å². The SMILES string of the molecule is O=C(O)c1nc(CCC(F)(F)F)nc2c1CCNC2. The summed E-state index contributed by atoms with van der Waals surface area (Å²) in [5.74, 6) is -1.30. The highest BCUT2D eigenvalue weighted by molar-refractivity contribution is 5.87. The van der Waals surface area contributed by atoms with E-state index in [-0.39, 0.29) is 11.5 Å². The molecule has 0 fully saturated rings. The molecule has 0 saturated heterocycles. The maximum absolute atomic E-state index is 12.2. The van der Waals surface area contributed by atoms with Crippen LogP contribution in [-0.4, -0.2) is 33.8 Å². The molecule has 0 aliphatic carbocycles. The fraction of sp³-hybridized carbons (Fsp3) is 0.545. The molecule has 0 atom stereocenters. The van der Waals surface area contributed by atoms with E-state index >= 15 is 0 Å². The van der Waals surface area contributed by atoms with Crippen LogP contribution in [0, 0.1) is 0 Å². The highest BCUT2D eigenvalue weighted by Gasteiger charge is 2.28. The third-order valence-electron chi connectivity index (χ3n) is 2.82. The van der Waals surface area contributed by atoms with Gasteiger partial charge < -0.3 is 10.4 Å². The molecule has 8 heteroatoms. The largest absolute Gasteiger partial charge is 0.477 e. The maximum atomic E-state index is 12.2. The van der Waals surface area contributed by atoms with E-state index < -0.39 is 25.0 Å². The van der Waals surface area contributed by atoms with E-state index in [1.165, 1.54) is 0 Å². The molecule has 2 N–H and O–H groups in total. The van der Waals surface area contributed by atoms with Crippen LogP contribution in [0.5, 0.6) is 0 Å². The Balaban J connectivity index is 2.30. The minimum Gasteiger partial charge on any atom is -0.477 e. The fourth-order valence-electron chi connectivity index (χ4n) is 1.95. The zero-order valence-electron chi connectivity index (χ0n) is 9.92. The zero-order valence-corrected chi connectivity index (χ0v) is 9.92. The van der Waals surface area contributed by atoms with Crippen molar-refractivity contribution in [2.24, 2.45) is 0 Å². The first-order valence-corrected chi connectivity index (χ1v) is 5.76. The second-order valence-corrected chi connectivity index (χ2v) is 4.26. The number of carbonyl (C=O) groups is 1. The molecule has 0 aromatic carbocycles. The Morgan fingerprint density at radius 2 is 2.11 bits per heavy atom. The van der Waals surface area contributed by atoms with Gasteiger partial charge in [0.15, 0.2) is 5.69 Å². The Hall–Kier alpha value is -1.70. The quantitative estimate of drug-likeness (QED) is 0.870. The number of carboxylic acids is 1. The smallest absolute Gasteiger partial charge is 0.389 e. The average molecular weight is 275 g/mol. The predicted molar refractivity (Wildman–Crippen MR) is 58.8 cm³/mol. The standard InChI is InChI=1S/C11H12F3N3O2/c12-11(13,14)3-1-8-16-7-5-15-4-2-6(7)9(17-8)10(18)19/h15H,1-5H2,(H,18,19). The number of alkyl halides is 3. The van der Waals surface area contributed by atoms with Gasteiger partial charge in [0.25, 0.3) is 0 Å². The monoisotopic (exact) mass is 275 g/mol. The first-order valence-electron chi connectivity index (χ1n) is 5.76. The molecule has 1 aromatic heterocycles. The second-order valence-electron chi connectivity index (χ2n) is 4.26. The van der Waals surface area contributed by atoms with Crippen molar-refractivity contribution in [2.75, 3.05) is 6.54 Å². The summed E-state index contributed by atoms with van der Waals surface area (Å²) >= 11 is 0. The van der Waals surface area contributed by atoms with E-state index in [4.69, 9.17) is 5.11 Å². The lowest BCUT2D eigenvalue weighted by atomic mass is 10.0. The summed E-state index contributed by atoms with van der Waals surface area (Å²) in [6.07, 6.45) is -5.30. The number of aryl methyl sites for hydroxylation is 1. The van der Waals surface area contributed by atoms with Crippen molar-refractivity contribution in [3.8, 4) is 0 Å². The molecule has 104 valence electrons. The summed E-state index contributed by atoms with van der Waals surface area (Å²) < 4.78 is 36.5. The van der Waals surface area contributed by atoms with Gasteiger partial charge in [-0.15, -0.1) is 0 Å². The molecular formula is C11H12F3N3O2. The van der Waals surface area contributed by atoms with Crippen molar-refractivity contribution in [1.29, 1.82) is 0 Å². The van der Waals surface area contributed by atoms with Gasteiger partial charge in [0.05, 0.1) is 12.1 Å². The lowest BCUT2D eigenvalue weighted by Crippen LogP contribution is -2.28. The van der Waals surface area contributed by atoms with Gasteiger partial charge in [-0.1, -0.05) is 0 Å². The number of hydrogen-bond acceptors (Lipinski definition) is 4. The van der Waals surface area contributed by atoms with Gasteiger partial charge in [-0.25, -0.2) is 14.8 Å². The van der Waals surface area contributed by atoms with Gasteiger partial charge in [-0.3, -0.25) is 0 Å². The van der Waals surface area contributed by atoms with Crippen molar-refractivity contribution < 1.29 is 23.1 Å². The van der Waals surface area contributed by atoms with Crippen LogP contribution >= 0.6 is 0 Å². The van der Waals surface area contributed by atoms with Crippen LogP contribution in [0.25, 0.3) is 0 Å². The molecule has 5 nitrogen and oxygen atoms in total. The molecule has 0 spiro atoms. The number of hydrogen-bond donors (Lipinski definition) is 2. The fourth-order valence-corrected chi connectivity index (χ4v) is 1.95. The summed E-state index contributed by atoms with van der Waals surface area (Å²) in [6.45, 7) is 0.968. The Bertz CT molecular complexity index is 503. The van der Waals surface area contributed by atoms with E-state index in [2.05, 4.69) is 15.3 Å². The van der Waals surface area contributed by atoms with Crippen LogP contribution in [0.15, 0.2) is 0 Å². The third kappa shape index (κ3) is 3.40. The van der Waals surface area contributed by atoms with Crippen LogP contribution in [0.3, 0.4) is 0 Å². The Morgan fingerprint density at radius 1 is 1.37 bits per heavy atom. The van der Waals surface area contributed by atoms with Gasteiger partial charge in [-0.05, 0) is 13.0 Å².